The van der Waals surface area contributed by atoms with Crippen LogP contribution in [-0.2, 0) is 26.2 Å². The predicted octanol–water partition coefficient (Wildman–Crippen LogP) is 5.19. The minimum atomic E-state index is -4.18. The molecule has 0 saturated heterocycles. The van der Waals surface area contributed by atoms with Gasteiger partial charge >= 0.3 is 0 Å². The average Bonchev–Trinajstić information content (AvgIpc) is 2.94. The number of sulfonamides is 1. The van der Waals surface area contributed by atoms with Crippen LogP contribution >= 0.6 is 11.6 Å². The summed E-state index contributed by atoms with van der Waals surface area (Å²) in [5.41, 5.74) is 2.17. The molecule has 40 heavy (non-hydrogen) atoms. The summed E-state index contributed by atoms with van der Waals surface area (Å²) in [7, 11) is -4.18. The standard InChI is InChI=1S/C30H36ClN3O5S/c1-5-19-32-30(36)23(4)33(20-24-9-7-22(3)8-10-24)29(35)21-34(26-13-15-27(16-14-26)39-6-2)40(37,38)28-17-11-25(31)12-18-28/h7-18,23H,5-6,19-21H2,1-4H3,(H,32,36)/t23-/m0/s1. The second-order valence-electron chi connectivity index (χ2n) is 9.37. The van der Waals surface area contributed by atoms with E-state index in [1.807, 2.05) is 45.0 Å². The smallest absolute Gasteiger partial charge is 0.264 e. The van der Waals surface area contributed by atoms with Crippen molar-refractivity contribution in [2.24, 2.45) is 0 Å². The van der Waals surface area contributed by atoms with Crippen molar-refractivity contribution in [2.75, 3.05) is 24.0 Å². The zero-order valence-corrected chi connectivity index (χ0v) is 24.8. The molecule has 3 aromatic carbocycles. The van der Waals surface area contributed by atoms with Gasteiger partial charge in [-0.1, -0.05) is 48.4 Å². The first-order valence-electron chi connectivity index (χ1n) is 13.2. The van der Waals surface area contributed by atoms with Gasteiger partial charge in [0.15, 0.2) is 0 Å². The van der Waals surface area contributed by atoms with Gasteiger partial charge in [-0.15, -0.1) is 0 Å². The number of amides is 2. The Morgan fingerprint density at radius 2 is 1.57 bits per heavy atom. The Hall–Kier alpha value is -3.56. The Balaban J connectivity index is 2.01. The molecular weight excluding hydrogens is 550 g/mol. The fourth-order valence-corrected chi connectivity index (χ4v) is 5.55. The summed E-state index contributed by atoms with van der Waals surface area (Å²) in [5, 5.41) is 3.22. The van der Waals surface area contributed by atoms with Crippen molar-refractivity contribution in [3.05, 3.63) is 88.9 Å². The van der Waals surface area contributed by atoms with Crippen LogP contribution in [0, 0.1) is 6.92 Å². The molecule has 1 N–H and O–H groups in total. The molecule has 0 fully saturated rings. The van der Waals surface area contributed by atoms with Gasteiger partial charge in [-0.25, -0.2) is 8.42 Å². The number of carbonyl (C=O) groups excluding carboxylic acids is 2. The molecule has 214 valence electrons. The van der Waals surface area contributed by atoms with Crippen molar-refractivity contribution in [2.45, 2.75) is 51.6 Å². The van der Waals surface area contributed by atoms with Crippen LogP contribution in [0.5, 0.6) is 5.75 Å². The number of hydrogen-bond acceptors (Lipinski definition) is 5. The van der Waals surface area contributed by atoms with Crippen LogP contribution in [0.3, 0.4) is 0 Å². The Morgan fingerprint density at radius 1 is 0.950 bits per heavy atom. The van der Waals surface area contributed by atoms with Gasteiger partial charge in [0, 0.05) is 18.1 Å². The lowest BCUT2D eigenvalue weighted by Gasteiger charge is -2.32. The SMILES string of the molecule is CCCNC(=O)[C@H](C)N(Cc1ccc(C)cc1)C(=O)CN(c1ccc(OCC)cc1)S(=O)(=O)c1ccc(Cl)cc1. The number of hydrogen-bond donors (Lipinski definition) is 1. The molecule has 0 saturated carbocycles. The van der Waals surface area contributed by atoms with Crippen LogP contribution < -0.4 is 14.4 Å². The molecule has 0 aliphatic heterocycles. The number of aryl methyl sites for hydroxylation is 1. The summed E-state index contributed by atoms with van der Waals surface area (Å²) in [6, 6.07) is 19.0. The van der Waals surface area contributed by atoms with E-state index >= 15 is 0 Å². The molecule has 3 aromatic rings. The molecule has 0 bridgehead atoms. The summed E-state index contributed by atoms with van der Waals surface area (Å²) < 4.78 is 34.3. The summed E-state index contributed by atoms with van der Waals surface area (Å²) in [6.45, 7) is 7.94. The van der Waals surface area contributed by atoms with Gasteiger partial charge in [0.05, 0.1) is 17.2 Å². The Bertz CT molecular complexity index is 1380. The van der Waals surface area contributed by atoms with Crippen LogP contribution in [0.25, 0.3) is 0 Å². The number of nitrogens with one attached hydrogen (secondary N) is 1. The average molecular weight is 586 g/mol. The quantitative estimate of drug-likeness (QED) is 0.298. The van der Waals surface area contributed by atoms with Gasteiger partial charge in [-0.05, 0) is 81.3 Å². The third-order valence-electron chi connectivity index (χ3n) is 6.31. The first kappa shape index (κ1) is 31.0. The summed E-state index contributed by atoms with van der Waals surface area (Å²) in [5.74, 6) is -0.259. The van der Waals surface area contributed by atoms with E-state index in [2.05, 4.69) is 5.32 Å². The molecule has 0 radical (unpaired) electrons. The number of halogens is 1. The summed E-state index contributed by atoms with van der Waals surface area (Å²) >= 11 is 6.00. The van der Waals surface area contributed by atoms with Crippen molar-refractivity contribution in [3.63, 3.8) is 0 Å². The van der Waals surface area contributed by atoms with Gasteiger partial charge in [-0.3, -0.25) is 13.9 Å². The fourth-order valence-electron chi connectivity index (χ4n) is 4.01. The van der Waals surface area contributed by atoms with Crippen LogP contribution in [-0.4, -0.2) is 50.9 Å². The zero-order chi connectivity index (χ0) is 29.3. The molecule has 0 spiro atoms. The lowest BCUT2D eigenvalue weighted by Crippen LogP contribution is -2.51. The van der Waals surface area contributed by atoms with Crippen molar-refractivity contribution in [3.8, 4) is 5.75 Å². The highest BCUT2D eigenvalue weighted by molar-refractivity contribution is 7.92. The van der Waals surface area contributed by atoms with E-state index in [1.165, 1.54) is 29.2 Å². The molecule has 3 rings (SSSR count). The maximum absolute atomic E-state index is 13.9. The predicted molar refractivity (Wildman–Crippen MR) is 158 cm³/mol. The number of nitrogens with zero attached hydrogens (tertiary/aromatic N) is 2. The molecule has 0 unspecified atom stereocenters. The van der Waals surface area contributed by atoms with E-state index in [-0.39, 0.29) is 23.0 Å². The third-order valence-corrected chi connectivity index (χ3v) is 8.35. The number of anilines is 1. The van der Waals surface area contributed by atoms with E-state index in [9.17, 15) is 18.0 Å². The second-order valence-corrected chi connectivity index (χ2v) is 11.7. The first-order chi connectivity index (χ1) is 19.1. The number of carbonyl (C=O) groups is 2. The van der Waals surface area contributed by atoms with Crippen LogP contribution in [0.15, 0.2) is 77.7 Å². The van der Waals surface area contributed by atoms with E-state index < -0.39 is 28.5 Å². The van der Waals surface area contributed by atoms with Gasteiger partial charge in [0.2, 0.25) is 11.8 Å². The Morgan fingerprint density at radius 3 is 2.15 bits per heavy atom. The lowest BCUT2D eigenvalue weighted by molar-refractivity contribution is -0.139. The van der Waals surface area contributed by atoms with Crippen molar-refractivity contribution in [1.29, 1.82) is 0 Å². The minimum absolute atomic E-state index is 0.0163. The topological polar surface area (TPSA) is 96.0 Å². The third kappa shape index (κ3) is 7.99. The first-order valence-corrected chi connectivity index (χ1v) is 15.0. The van der Waals surface area contributed by atoms with E-state index in [4.69, 9.17) is 16.3 Å². The molecule has 0 aliphatic carbocycles. The van der Waals surface area contributed by atoms with Crippen molar-refractivity contribution >= 4 is 39.1 Å². The maximum atomic E-state index is 13.9. The maximum Gasteiger partial charge on any atom is 0.264 e. The number of benzene rings is 3. The van der Waals surface area contributed by atoms with Gasteiger partial charge in [-0.2, -0.15) is 0 Å². The normalized spacial score (nSPS) is 11.9. The van der Waals surface area contributed by atoms with Crippen LogP contribution in [0.4, 0.5) is 5.69 Å². The highest BCUT2D eigenvalue weighted by Gasteiger charge is 2.32. The van der Waals surface area contributed by atoms with Gasteiger partial charge < -0.3 is 15.0 Å². The highest BCUT2D eigenvalue weighted by atomic mass is 35.5. The monoisotopic (exact) mass is 585 g/mol. The molecule has 2 amide bonds. The molecule has 0 aromatic heterocycles. The summed E-state index contributed by atoms with van der Waals surface area (Å²) in [6.07, 6.45) is 0.745. The number of ether oxygens (including phenoxy) is 1. The van der Waals surface area contributed by atoms with Crippen molar-refractivity contribution in [1.82, 2.24) is 10.2 Å². The van der Waals surface area contributed by atoms with Crippen molar-refractivity contribution < 1.29 is 22.7 Å². The van der Waals surface area contributed by atoms with Gasteiger partial charge in [0.1, 0.15) is 18.3 Å². The highest BCUT2D eigenvalue weighted by Crippen LogP contribution is 2.27. The van der Waals surface area contributed by atoms with Gasteiger partial charge in [0.25, 0.3) is 10.0 Å². The fraction of sp³-hybridized carbons (Fsp3) is 0.333. The lowest BCUT2D eigenvalue weighted by atomic mass is 10.1. The van der Waals surface area contributed by atoms with E-state index in [1.54, 1.807) is 31.2 Å². The second kappa shape index (κ2) is 14.2. The van der Waals surface area contributed by atoms with Crippen LogP contribution in [0.2, 0.25) is 5.02 Å². The van der Waals surface area contributed by atoms with E-state index in [0.717, 1.165) is 21.9 Å². The van der Waals surface area contributed by atoms with Crippen LogP contribution in [0.1, 0.15) is 38.3 Å². The molecule has 1 atom stereocenters. The molecular formula is C30H36ClN3O5S. The Labute approximate surface area is 241 Å². The molecule has 0 aliphatic rings. The minimum Gasteiger partial charge on any atom is -0.494 e. The summed E-state index contributed by atoms with van der Waals surface area (Å²) in [4.78, 5) is 28.2. The number of rotatable bonds is 13. The zero-order valence-electron chi connectivity index (χ0n) is 23.3. The molecule has 0 heterocycles. The Kier molecular flexibility index (Phi) is 11.0. The van der Waals surface area contributed by atoms with E-state index in [0.29, 0.717) is 23.9 Å². The largest absolute Gasteiger partial charge is 0.494 e. The molecule has 10 heteroatoms. The molecule has 8 nitrogen and oxygen atoms in total.